The molecule has 7 nitrogen and oxygen atoms in total. The maximum absolute atomic E-state index is 12.6. The molecule has 1 aromatic carbocycles. The minimum absolute atomic E-state index is 0.0145. The molecular weight excluding hydrogens is 318 g/mol. The van der Waals surface area contributed by atoms with Crippen molar-refractivity contribution in [2.75, 3.05) is 19.7 Å². The second kappa shape index (κ2) is 6.84. The molecule has 1 aliphatic heterocycles. The van der Waals surface area contributed by atoms with Crippen LogP contribution in [0, 0.1) is 0 Å². The van der Waals surface area contributed by atoms with Gasteiger partial charge in [0.05, 0.1) is 13.2 Å². The van der Waals surface area contributed by atoms with Crippen LogP contribution in [0.2, 0.25) is 0 Å². The van der Waals surface area contributed by atoms with Gasteiger partial charge in [0.2, 0.25) is 0 Å². The largest absolute Gasteiger partial charge is 0.366 e. The minimum Gasteiger partial charge on any atom is -0.366 e. The van der Waals surface area contributed by atoms with Crippen molar-refractivity contribution in [3.8, 4) is 0 Å². The van der Waals surface area contributed by atoms with Crippen LogP contribution in [-0.2, 0) is 11.3 Å². The van der Waals surface area contributed by atoms with Gasteiger partial charge in [-0.1, -0.05) is 30.3 Å². The molecule has 0 unspecified atom stereocenters. The summed E-state index contributed by atoms with van der Waals surface area (Å²) < 4.78 is 7.77. The molecule has 1 aliphatic carbocycles. The lowest BCUT2D eigenvalue weighted by Gasteiger charge is -2.32. The average Bonchev–Trinajstić information content (AvgIpc) is 3.26. The van der Waals surface area contributed by atoms with E-state index in [1.165, 1.54) is 5.56 Å². The van der Waals surface area contributed by atoms with Crippen molar-refractivity contribution in [2.24, 2.45) is 0 Å². The number of urea groups is 1. The second-order valence-electron chi connectivity index (χ2n) is 6.59. The highest BCUT2D eigenvalue weighted by Crippen LogP contribution is 2.40. The van der Waals surface area contributed by atoms with Crippen LogP contribution in [0.3, 0.4) is 0 Å². The highest BCUT2D eigenvalue weighted by Gasteiger charge is 2.40. The fourth-order valence-electron chi connectivity index (χ4n) is 3.42. The van der Waals surface area contributed by atoms with Crippen molar-refractivity contribution < 1.29 is 9.53 Å². The molecule has 1 saturated heterocycles. The van der Waals surface area contributed by atoms with Gasteiger partial charge < -0.3 is 19.5 Å². The van der Waals surface area contributed by atoms with Crippen molar-refractivity contribution in [3.63, 3.8) is 0 Å². The Morgan fingerprint density at radius 3 is 3.00 bits per heavy atom. The molecule has 2 heterocycles. The topological polar surface area (TPSA) is 72.3 Å². The monoisotopic (exact) mass is 341 g/mol. The van der Waals surface area contributed by atoms with Crippen LogP contribution in [0.25, 0.3) is 0 Å². The number of ether oxygens (including phenoxy) is 1. The minimum atomic E-state index is -0.217. The third-order valence-corrected chi connectivity index (χ3v) is 4.95. The molecule has 0 bridgehead atoms. The van der Waals surface area contributed by atoms with Crippen molar-refractivity contribution in [3.05, 3.63) is 48.0 Å². The number of aromatic nitrogens is 3. The van der Waals surface area contributed by atoms with E-state index in [4.69, 9.17) is 4.74 Å². The molecule has 0 radical (unpaired) electrons. The van der Waals surface area contributed by atoms with Crippen molar-refractivity contribution in [1.29, 1.82) is 0 Å². The maximum atomic E-state index is 12.6. The Balaban J connectivity index is 1.35. The number of morpholine rings is 1. The maximum Gasteiger partial charge on any atom is 0.317 e. The van der Waals surface area contributed by atoms with E-state index in [0.717, 1.165) is 18.8 Å². The zero-order valence-corrected chi connectivity index (χ0v) is 14.3. The number of hydrogen-bond acceptors (Lipinski definition) is 4. The van der Waals surface area contributed by atoms with Gasteiger partial charge in [0.25, 0.3) is 0 Å². The number of hydrogen-bond donors (Lipinski definition) is 1. The number of nitrogens with one attached hydrogen (secondary N) is 1. The number of carbonyl (C=O) groups excluding carboxylic acids is 1. The molecule has 3 atom stereocenters. The summed E-state index contributed by atoms with van der Waals surface area (Å²) in [4.78, 5) is 14.4. The Bertz CT molecular complexity index is 732. The molecule has 4 rings (SSSR count). The third-order valence-electron chi connectivity index (χ3n) is 4.95. The van der Waals surface area contributed by atoms with E-state index in [1.54, 1.807) is 6.33 Å². The van der Waals surface area contributed by atoms with Gasteiger partial charge in [-0.2, -0.15) is 0 Å². The molecule has 2 fully saturated rings. The molecular formula is C18H23N5O2. The van der Waals surface area contributed by atoms with E-state index in [9.17, 15) is 4.79 Å². The molecule has 2 aromatic rings. The fourth-order valence-corrected chi connectivity index (χ4v) is 3.42. The fraction of sp³-hybridized carbons (Fsp3) is 0.500. The summed E-state index contributed by atoms with van der Waals surface area (Å²) in [5, 5.41) is 11.3. The molecule has 2 amide bonds. The molecule has 1 aromatic heterocycles. The molecule has 25 heavy (non-hydrogen) atoms. The smallest absolute Gasteiger partial charge is 0.317 e. The Morgan fingerprint density at radius 1 is 1.36 bits per heavy atom. The first-order valence-electron chi connectivity index (χ1n) is 8.86. The van der Waals surface area contributed by atoms with Crippen LogP contribution in [-0.4, -0.2) is 51.4 Å². The molecule has 0 spiro atoms. The van der Waals surface area contributed by atoms with Gasteiger partial charge in [-0.05, 0) is 18.9 Å². The lowest BCUT2D eigenvalue weighted by molar-refractivity contribution is -0.0218. The SMILES string of the molecule is CCn1cnnc1[C@@H]1CN(C(=O)N[C@@H]2C[C@@H]2c2ccccc2)CCO1. The quantitative estimate of drug-likeness (QED) is 0.922. The summed E-state index contributed by atoms with van der Waals surface area (Å²) in [6.45, 7) is 4.45. The van der Waals surface area contributed by atoms with E-state index in [-0.39, 0.29) is 18.2 Å². The van der Waals surface area contributed by atoms with Crippen LogP contribution in [0.1, 0.15) is 36.8 Å². The van der Waals surface area contributed by atoms with Crippen LogP contribution >= 0.6 is 0 Å². The molecule has 7 heteroatoms. The summed E-state index contributed by atoms with van der Waals surface area (Å²) in [5.74, 6) is 1.22. The molecule has 1 saturated carbocycles. The first-order chi connectivity index (χ1) is 12.3. The van der Waals surface area contributed by atoms with Crippen LogP contribution in [0.15, 0.2) is 36.7 Å². The molecule has 1 N–H and O–H groups in total. The number of benzene rings is 1. The van der Waals surface area contributed by atoms with Gasteiger partial charge in [-0.25, -0.2) is 4.79 Å². The lowest BCUT2D eigenvalue weighted by Crippen LogP contribution is -2.48. The van der Waals surface area contributed by atoms with Crippen LogP contribution in [0.4, 0.5) is 4.79 Å². The van der Waals surface area contributed by atoms with E-state index in [0.29, 0.717) is 25.6 Å². The van der Waals surface area contributed by atoms with Gasteiger partial charge in [0.15, 0.2) is 5.82 Å². The number of aryl methyl sites for hydroxylation is 1. The van der Waals surface area contributed by atoms with Gasteiger partial charge in [0, 0.05) is 25.0 Å². The van der Waals surface area contributed by atoms with Gasteiger partial charge in [0.1, 0.15) is 12.4 Å². The molecule has 132 valence electrons. The Kier molecular flexibility index (Phi) is 4.40. The summed E-state index contributed by atoms with van der Waals surface area (Å²) in [6.07, 6.45) is 2.49. The normalized spacial score (nSPS) is 25.6. The summed E-state index contributed by atoms with van der Waals surface area (Å²) >= 11 is 0. The summed E-state index contributed by atoms with van der Waals surface area (Å²) in [6, 6.07) is 10.6. The Labute approximate surface area is 147 Å². The average molecular weight is 341 g/mol. The van der Waals surface area contributed by atoms with Crippen molar-refractivity contribution in [2.45, 2.75) is 38.0 Å². The second-order valence-corrected chi connectivity index (χ2v) is 6.59. The number of rotatable bonds is 4. The lowest BCUT2D eigenvalue weighted by atomic mass is 10.1. The Hall–Kier alpha value is -2.41. The van der Waals surface area contributed by atoms with Crippen LogP contribution < -0.4 is 5.32 Å². The highest BCUT2D eigenvalue weighted by molar-refractivity contribution is 5.75. The van der Waals surface area contributed by atoms with E-state index >= 15 is 0 Å². The standard InChI is InChI=1S/C18H23N5O2/c1-2-22-12-19-21-17(22)16-11-23(8-9-25-16)18(24)20-15-10-14(15)13-6-4-3-5-7-13/h3-7,12,14-16H,2,8-11H2,1H3,(H,20,24)/t14-,15-,16+/m1/s1. The van der Waals surface area contributed by atoms with Crippen LogP contribution in [0.5, 0.6) is 0 Å². The number of amides is 2. The number of nitrogens with zero attached hydrogens (tertiary/aromatic N) is 4. The molecule has 2 aliphatic rings. The van der Waals surface area contributed by atoms with E-state index in [2.05, 4.69) is 27.6 Å². The number of carbonyl (C=O) groups is 1. The zero-order valence-electron chi connectivity index (χ0n) is 14.3. The van der Waals surface area contributed by atoms with Gasteiger partial charge in [-0.15, -0.1) is 10.2 Å². The van der Waals surface area contributed by atoms with Gasteiger partial charge >= 0.3 is 6.03 Å². The first kappa shape index (κ1) is 16.1. The van der Waals surface area contributed by atoms with E-state index in [1.807, 2.05) is 34.6 Å². The predicted octanol–water partition coefficient (Wildman–Crippen LogP) is 1.94. The zero-order chi connectivity index (χ0) is 17.2. The first-order valence-corrected chi connectivity index (χ1v) is 8.86. The van der Waals surface area contributed by atoms with Gasteiger partial charge in [-0.3, -0.25) is 0 Å². The third kappa shape index (κ3) is 3.37. The Morgan fingerprint density at radius 2 is 2.20 bits per heavy atom. The highest BCUT2D eigenvalue weighted by atomic mass is 16.5. The van der Waals surface area contributed by atoms with E-state index < -0.39 is 0 Å². The van der Waals surface area contributed by atoms with Crippen molar-refractivity contribution in [1.82, 2.24) is 25.0 Å². The predicted molar refractivity (Wildman–Crippen MR) is 92.1 cm³/mol. The summed E-state index contributed by atoms with van der Waals surface area (Å²) in [7, 11) is 0. The summed E-state index contributed by atoms with van der Waals surface area (Å²) in [5.41, 5.74) is 1.30. The van der Waals surface area contributed by atoms with Crippen molar-refractivity contribution >= 4 is 6.03 Å².